The van der Waals surface area contributed by atoms with Gasteiger partial charge in [-0.2, -0.15) is 5.26 Å². The number of nitrogens with zero attached hydrogens (tertiary/aromatic N) is 3. The Balaban J connectivity index is 2.32. The molecule has 2 N–H and O–H groups in total. The molecule has 0 bridgehead atoms. The van der Waals surface area contributed by atoms with Crippen molar-refractivity contribution in [1.82, 2.24) is 9.97 Å². The van der Waals surface area contributed by atoms with Crippen molar-refractivity contribution in [1.29, 1.82) is 5.26 Å². The van der Waals surface area contributed by atoms with Crippen molar-refractivity contribution in [3.8, 4) is 6.07 Å². The van der Waals surface area contributed by atoms with Crippen molar-refractivity contribution in [3.63, 3.8) is 0 Å². The van der Waals surface area contributed by atoms with Gasteiger partial charge in [-0.25, -0.2) is 9.97 Å². The van der Waals surface area contributed by atoms with Gasteiger partial charge >= 0.3 is 0 Å². The predicted molar refractivity (Wildman–Crippen MR) is 69.4 cm³/mol. The summed E-state index contributed by atoms with van der Waals surface area (Å²) in [4.78, 5) is 8.35. The fourth-order valence-corrected chi connectivity index (χ4v) is 2.40. The summed E-state index contributed by atoms with van der Waals surface area (Å²) in [5, 5.41) is 10.1. The van der Waals surface area contributed by atoms with E-state index >= 15 is 0 Å². The van der Waals surface area contributed by atoms with Crippen molar-refractivity contribution in [3.05, 3.63) is 40.6 Å². The number of anilines is 1. The van der Waals surface area contributed by atoms with Crippen molar-refractivity contribution >= 4 is 33.4 Å². The van der Waals surface area contributed by atoms with Gasteiger partial charge in [-0.1, -0.05) is 0 Å². The maximum Gasteiger partial charge on any atom is 0.125 e. The van der Waals surface area contributed by atoms with Crippen LogP contribution in [0.1, 0.15) is 5.56 Å². The normalized spacial score (nSPS) is 9.88. The molecule has 0 aliphatic heterocycles. The topological polar surface area (TPSA) is 75.6 Å². The summed E-state index contributed by atoms with van der Waals surface area (Å²) in [7, 11) is 0. The van der Waals surface area contributed by atoms with E-state index in [1.165, 1.54) is 18.0 Å². The SMILES string of the molecule is N#Cc1cnc(Sc2ncccc2Br)c(N)c1. The highest BCUT2D eigenvalue weighted by Crippen LogP contribution is 2.33. The monoisotopic (exact) mass is 306 g/mol. The molecular weight excluding hydrogens is 300 g/mol. The molecule has 0 fully saturated rings. The minimum Gasteiger partial charge on any atom is -0.396 e. The fraction of sp³-hybridized carbons (Fsp3) is 0. The summed E-state index contributed by atoms with van der Waals surface area (Å²) in [6, 6.07) is 7.33. The first-order valence-corrected chi connectivity index (χ1v) is 6.25. The molecule has 2 aromatic heterocycles. The van der Waals surface area contributed by atoms with Crippen molar-refractivity contribution < 1.29 is 0 Å². The van der Waals surface area contributed by atoms with Gasteiger partial charge in [0, 0.05) is 12.4 Å². The van der Waals surface area contributed by atoms with Crippen LogP contribution in [-0.4, -0.2) is 9.97 Å². The molecule has 4 nitrogen and oxygen atoms in total. The molecule has 0 saturated heterocycles. The van der Waals surface area contributed by atoms with E-state index in [0.29, 0.717) is 16.3 Å². The maximum absolute atomic E-state index is 8.71. The number of nitrogen functional groups attached to an aromatic ring is 1. The van der Waals surface area contributed by atoms with Gasteiger partial charge in [-0.15, -0.1) is 0 Å². The highest BCUT2D eigenvalue weighted by atomic mass is 79.9. The minimum atomic E-state index is 0.451. The third-order valence-electron chi connectivity index (χ3n) is 1.93. The molecule has 6 heteroatoms. The van der Waals surface area contributed by atoms with Crippen molar-refractivity contribution in [2.24, 2.45) is 0 Å². The molecule has 2 aromatic rings. The van der Waals surface area contributed by atoms with Crippen LogP contribution in [0.3, 0.4) is 0 Å². The summed E-state index contributed by atoms with van der Waals surface area (Å²) in [6.45, 7) is 0. The van der Waals surface area contributed by atoms with Gasteiger partial charge < -0.3 is 5.73 Å². The molecule has 0 radical (unpaired) electrons. The molecule has 0 aliphatic carbocycles. The van der Waals surface area contributed by atoms with E-state index in [1.807, 2.05) is 18.2 Å². The zero-order valence-corrected chi connectivity index (χ0v) is 11.0. The van der Waals surface area contributed by atoms with Crippen LogP contribution in [0.5, 0.6) is 0 Å². The molecule has 0 aromatic carbocycles. The number of nitriles is 1. The van der Waals surface area contributed by atoms with Crippen LogP contribution < -0.4 is 5.73 Å². The van der Waals surface area contributed by atoms with E-state index in [-0.39, 0.29) is 0 Å². The van der Waals surface area contributed by atoms with Gasteiger partial charge in [-0.3, -0.25) is 0 Å². The smallest absolute Gasteiger partial charge is 0.125 e. The van der Waals surface area contributed by atoms with Crippen LogP contribution in [0.4, 0.5) is 5.69 Å². The third-order valence-corrected chi connectivity index (χ3v) is 3.88. The molecule has 0 amide bonds. The van der Waals surface area contributed by atoms with E-state index < -0.39 is 0 Å². The second kappa shape index (κ2) is 5.17. The molecule has 2 heterocycles. The van der Waals surface area contributed by atoms with Gasteiger partial charge in [0.25, 0.3) is 0 Å². The van der Waals surface area contributed by atoms with Crippen LogP contribution in [0.15, 0.2) is 45.1 Å². The average molecular weight is 307 g/mol. The van der Waals surface area contributed by atoms with Crippen molar-refractivity contribution in [2.45, 2.75) is 10.1 Å². The zero-order chi connectivity index (χ0) is 12.3. The maximum atomic E-state index is 8.71. The highest BCUT2D eigenvalue weighted by molar-refractivity contribution is 9.10. The Labute approximate surface area is 111 Å². The summed E-state index contributed by atoms with van der Waals surface area (Å²) < 4.78 is 0.885. The van der Waals surface area contributed by atoms with Crippen LogP contribution in [0.2, 0.25) is 0 Å². The van der Waals surface area contributed by atoms with Gasteiger partial charge in [-0.05, 0) is 45.9 Å². The van der Waals surface area contributed by atoms with E-state index in [9.17, 15) is 0 Å². The van der Waals surface area contributed by atoms with Gasteiger partial charge in [0.1, 0.15) is 16.1 Å². The first-order chi connectivity index (χ1) is 8.20. The van der Waals surface area contributed by atoms with Crippen molar-refractivity contribution in [2.75, 3.05) is 5.73 Å². The van der Waals surface area contributed by atoms with E-state index in [2.05, 4.69) is 25.9 Å². The first-order valence-electron chi connectivity index (χ1n) is 4.64. The van der Waals surface area contributed by atoms with Gasteiger partial charge in [0.2, 0.25) is 0 Å². The standard InChI is InChI=1S/C11H7BrN4S/c12-8-2-1-3-15-10(8)17-11-9(14)4-7(5-13)6-16-11/h1-4,6H,14H2. The molecule has 0 spiro atoms. The number of aromatic nitrogens is 2. The van der Waals surface area contributed by atoms with E-state index in [1.54, 1.807) is 12.3 Å². The second-order valence-electron chi connectivity index (χ2n) is 3.12. The van der Waals surface area contributed by atoms with Crippen LogP contribution >= 0.6 is 27.7 Å². The largest absolute Gasteiger partial charge is 0.396 e. The summed E-state index contributed by atoms with van der Waals surface area (Å²) in [5.74, 6) is 0. The fourth-order valence-electron chi connectivity index (χ4n) is 1.15. The van der Waals surface area contributed by atoms with Gasteiger partial charge in [0.15, 0.2) is 0 Å². The Morgan fingerprint density at radius 3 is 2.82 bits per heavy atom. The predicted octanol–water partition coefficient (Wildman–Crippen LogP) is 2.84. The lowest BCUT2D eigenvalue weighted by molar-refractivity contribution is 1.08. The Hall–Kier alpha value is -1.58. The Morgan fingerprint density at radius 1 is 1.35 bits per heavy atom. The number of rotatable bonds is 2. The summed E-state index contributed by atoms with van der Waals surface area (Å²) >= 11 is 4.76. The number of nitrogens with two attached hydrogens (primary N) is 1. The first kappa shape index (κ1) is 11.9. The third kappa shape index (κ3) is 2.75. The number of halogens is 1. The molecule has 0 atom stereocenters. The molecule has 84 valence electrons. The lowest BCUT2D eigenvalue weighted by Gasteiger charge is -2.04. The van der Waals surface area contributed by atoms with E-state index in [4.69, 9.17) is 11.0 Å². The lowest BCUT2D eigenvalue weighted by Crippen LogP contribution is -1.94. The molecule has 0 unspecified atom stereocenters. The van der Waals surface area contributed by atoms with Crippen LogP contribution in [-0.2, 0) is 0 Å². The number of pyridine rings is 2. The quantitative estimate of drug-likeness (QED) is 0.923. The zero-order valence-electron chi connectivity index (χ0n) is 8.59. The average Bonchev–Trinajstić information content (AvgIpc) is 2.34. The van der Waals surface area contributed by atoms with Crippen LogP contribution in [0.25, 0.3) is 0 Å². The number of hydrogen-bond donors (Lipinski definition) is 1. The van der Waals surface area contributed by atoms with Gasteiger partial charge in [0.05, 0.1) is 15.7 Å². The summed E-state index contributed by atoms with van der Waals surface area (Å²) in [5.41, 5.74) is 6.75. The highest BCUT2D eigenvalue weighted by Gasteiger charge is 2.08. The Bertz CT molecular complexity index is 594. The summed E-state index contributed by atoms with van der Waals surface area (Å²) in [6.07, 6.45) is 3.20. The molecule has 0 aliphatic rings. The molecule has 2 rings (SSSR count). The lowest BCUT2D eigenvalue weighted by atomic mass is 10.3. The molecular formula is C11H7BrN4S. The second-order valence-corrected chi connectivity index (χ2v) is 4.95. The minimum absolute atomic E-state index is 0.451. The number of hydrogen-bond acceptors (Lipinski definition) is 5. The molecule has 0 saturated carbocycles. The van der Waals surface area contributed by atoms with E-state index in [0.717, 1.165) is 9.50 Å². The Morgan fingerprint density at radius 2 is 2.18 bits per heavy atom. The Kier molecular flexibility index (Phi) is 3.61. The molecule has 17 heavy (non-hydrogen) atoms. The van der Waals surface area contributed by atoms with Crippen LogP contribution in [0, 0.1) is 11.3 Å².